The Morgan fingerprint density at radius 3 is 3.04 bits per heavy atom. The lowest BCUT2D eigenvalue weighted by Crippen LogP contribution is -2.31. The Hall–Kier alpha value is -3.07. The first-order valence-electron chi connectivity index (χ1n) is 9.34. The summed E-state index contributed by atoms with van der Waals surface area (Å²) in [7, 11) is 0. The smallest absolute Gasteiger partial charge is 0.271 e. The molecule has 3 aromatic rings. The lowest BCUT2D eigenvalue weighted by Gasteiger charge is -2.09. The number of nitrogens with one attached hydrogen (secondary N) is 1. The van der Waals surface area contributed by atoms with Crippen LogP contribution in [0.2, 0.25) is 0 Å². The van der Waals surface area contributed by atoms with Crippen molar-refractivity contribution in [3.8, 4) is 17.3 Å². The molecule has 4 heterocycles. The van der Waals surface area contributed by atoms with E-state index < -0.39 is 0 Å². The summed E-state index contributed by atoms with van der Waals surface area (Å²) < 4.78 is 12.5. The molecule has 1 fully saturated rings. The highest BCUT2D eigenvalue weighted by atomic mass is 16.5. The molecule has 0 aromatic carbocycles. The summed E-state index contributed by atoms with van der Waals surface area (Å²) in [5, 5.41) is 6.85. The van der Waals surface area contributed by atoms with Gasteiger partial charge in [-0.05, 0) is 25.0 Å². The van der Waals surface area contributed by atoms with E-state index in [9.17, 15) is 4.79 Å². The number of pyridine rings is 1. The van der Waals surface area contributed by atoms with Crippen LogP contribution in [0.5, 0.6) is 0 Å². The number of nitrogens with zero attached hydrogens (tertiary/aromatic N) is 5. The van der Waals surface area contributed by atoms with Gasteiger partial charge in [0, 0.05) is 37.0 Å². The molecule has 0 saturated carbocycles. The number of amides is 1. The van der Waals surface area contributed by atoms with Crippen molar-refractivity contribution in [2.45, 2.75) is 38.7 Å². The standard InChI is InChI=1S/C19H22N6O3/c1-12(2)17-23-19(28-24-17)13-5-6-20-16(8-13)25-10-15(22-11-25)18(26)21-9-14-4-3-7-27-14/h5-6,8,10-12,14H,3-4,7,9H2,1-2H3,(H,21,26)/t14-/m0/s1. The SMILES string of the molecule is CC(C)c1noc(-c2ccnc(-n3cnc(C(=O)NC[C@@H]4CCCO4)c3)c2)n1. The number of hydrogen-bond acceptors (Lipinski definition) is 7. The topological polar surface area (TPSA) is 108 Å². The number of carbonyl (C=O) groups excluding carboxylic acids is 1. The van der Waals surface area contributed by atoms with E-state index >= 15 is 0 Å². The minimum absolute atomic E-state index is 0.0921. The molecule has 0 radical (unpaired) electrons. The van der Waals surface area contributed by atoms with Crippen LogP contribution < -0.4 is 5.32 Å². The van der Waals surface area contributed by atoms with Crippen molar-refractivity contribution in [2.24, 2.45) is 0 Å². The molecule has 1 N–H and O–H groups in total. The third-order valence-electron chi connectivity index (χ3n) is 4.54. The molecule has 146 valence electrons. The van der Waals surface area contributed by atoms with Crippen LogP contribution in [0.4, 0.5) is 0 Å². The van der Waals surface area contributed by atoms with E-state index in [4.69, 9.17) is 9.26 Å². The number of ether oxygens (including phenoxy) is 1. The Morgan fingerprint density at radius 2 is 2.29 bits per heavy atom. The molecule has 4 rings (SSSR count). The maximum absolute atomic E-state index is 12.3. The number of imidazole rings is 1. The maximum Gasteiger partial charge on any atom is 0.271 e. The Kier molecular flexibility index (Phi) is 5.16. The molecular formula is C19H22N6O3. The van der Waals surface area contributed by atoms with Gasteiger partial charge in [-0.1, -0.05) is 19.0 Å². The molecule has 1 saturated heterocycles. The van der Waals surface area contributed by atoms with Crippen molar-refractivity contribution in [1.82, 2.24) is 30.0 Å². The van der Waals surface area contributed by atoms with Crippen molar-refractivity contribution >= 4 is 5.91 Å². The van der Waals surface area contributed by atoms with Gasteiger partial charge in [-0.3, -0.25) is 9.36 Å². The fraction of sp³-hybridized carbons (Fsp3) is 0.421. The molecule has 1 atom stereocenters. The van der Waals surface area contributed by atoms with Gasteiger partial charge in [0.15, 0.2) is 5.82 Å². The van der Waals surface area contributed by atoms with Crippen molar-refractivity contribution < 1.29 is 14.1 Å². The second-order valence-electron chi connectivity index (χ2n) is 7.03. The Labute approximate surface area is 162 Å². The van der Waals surface area contributed by atoms with E-state index in [1.807, 2.05) is 19.9 Å². The average Bonchev–Trinajstić information content (AvgIpc) is 3.48. The largest absolute Gasteiger partial charge is 0.376 e. The van der Waals surface area contributed by atoms with Crippen molar-refractivity contribution in [1.29, 1.82) is 0 Å². The van der Waals surface area contributed by atoms with Gasteiger partial charge in [0.1, 0.15) is 17.8 Å². The van der Waals surface area contributed by atoms with Crippen LogP contribution in [0.3, 0.4) is 0 Å². The average molecular weight is 382 g/mol. The highest BCUT2D eigenvalue weighted by Crippen LogP contribution is 2.21. The van der Waals surface area contributed by atoms with Gasteiger partial charge in [0.2, 0.25) is 0 Å². The predicted molar refractivity (Wildman–Crippen MR) is 100 cm³/mol. The number of carbonyl (C=O) groups is 1. The molecule has 0 aliphatic carbocycles. The van der Waals surface area contributed by atoms with E-state index in [0.717, 1.165) is 25.0 Å². The van der Waals surface area contributed by atoms with Gasteiger partial charge in [-0.2, -0.15) is 4.98 Å². The van der Waals surface area contributed by atoms with E-state index in [-0.39, 0.29) is 17.9 Å². The van der Waals surface area contributed by atoms with Crippen LogP contribution in [-0.4, -0.2) is 49.8 Å². The highest BCUT2D eigenvalue weighted by molar-refractivity contribution is 5.92. The second-order valence-corrected chi connectivity index (χ2v) is 7.03. The third-order valence-corrected chi connectivity index (χ3v) is 4.54. The minimum atomic E-state index is -0.233. The summed E-state index contributed by atoms with van der Waals surface area (Å²) in [5.74, 6) is 1.64. The second kappa shape index (κ2) is 7.89. The molecular weight excluding hydrogens is 360 g/mol. The highest BCUT2D eigenvalue weighted by Gasteiger charge is 2.18. The predicted octanol–water partition coefficient (Wildman–Crippen LogP) is 2.35. The quantitative estimate of drug-likeness (QED) is 0.697. The molecule has 1 amide bonds. The Balaban J connectivity index is 1.48. The minimum Gasteiger partial charge on any atom is -0.376 e. The fourth-order valence-electron chi connectivity index (χ4n) is 2.95. The fourth-order valence-corrected chi connectivity index (χ4v) is 2.95. The van der Waals surface area contributed by atoms with Gasteiger partial charge in [-0.15, -0.1) is 0 Å². The first kappa shape index (κ1) is 18.3. The molecule has 0 unspecified atom stereocenters. The summed E-state index contributed by atoms with van der Waals surface area (Å²) in [5.41, 5.74) is 1.08. The summed E-state index contributed by atoms with van der Waals surface area (Å²) in [6, 6.07) is 3.61. The Morgan fingerprint density at radius 1 is 1.39 bits per heavy atom. The summed E-state index contributed by atoms with van der Waals surface area (Å²) in [4.78, 5) is 25.2. The third kappa shape index (κ3) is 3.94. The lowest BCUT2D eigenvalue weighted by molar-refractivity contribution is 0.0854. The molecule has 1 aliphatic rings. The zero-order chi connectivity index (χ0) is 19.5. The first-order chi connectivity index (χ1) is 13.6. The van der Waals surface area contributed by atoms with Crippen LogP contribution in [-0.2, 0) is 4.74 Å². The molecule has 28 heavy (non-hydrogen) atoms. The molecule has 3 aromatic heterocycles. The van der Waals surface area contributed by atoms with E-state index in [1.54, 1.807) is 29.4 Å². The molecule has 0 spiro atoms. The molecule has 9 nitrogen and oxygen atoms in total. The zero-order valence-corrected chi connectivity index (χ0v) is 15.8. The maximum atomic E-state index is 12.3. The first-order valence-corrected chi connectivity index (χ1v) is 9.34. The normalized spacial score (nSPS) is 16.6. The summed E-state index contributed by atoms with van der Waals surface area (Å²) >= 11 is 0. The van der Waals surface area contributed by atoms with Gasteiger partial charge < -0.3 is 14.6 Å². The van der Waals surface area contributed by atoms with Gasteiger partial charge in [-0.25, -0.2) is 9.97 Å². The summed E-state index contributed by atoms with van der Waals surface area (Å²) in [6.07, 6.45) is 6.95. The van der Waals surface area contributed by atoms with Crippen LogP contribution in [0, 0.1) is 0 Å². The van der Waals surface area contributed by atoms with Gasteiger partial charge >= 0.3 is 0 Å². The van der Waals surface area contributed by atoms with Gasteiger partial charge in [0.25, 0.3) is 11.8 Å². The zero-order valence-electron chi connectivity index (χ0n) is 15.8. The molecule has 9 heteroatoms. The molecule has 1 aliphatic heterocycles. The van der Waals surface area contributed by atoms with Crippen molar-refractivity contribution in [3.05, 3.63) is 42.4 Å². The van der Waals surface area contributed by atoms with E-state index in [2.05, 4.69) is 25.4 Å². The van der Waals surface area contributed by atoms with Gasteiger partial charge in [0.05, 0.1) is 6.10 Å². The number of rotatable bonds is 6. The van der Waals surface area contributed by atoms with Crippen molar-refractivity contribution in [3.63, 3.8) is 0 Å². The molecule has 0 bridgehead atoms. The number of aromatic nitrogens is 5. The van der Waals surface area contributed by atoms with E-state index in [0.29, 0.717) is 29.8 Å². The van der Waals surface area contributed by atoms with Crippen LogP contribution in [0.1, 0.15) is 48.9 Å². The Bertz CT molecular complexity index is 958. The van der Waals surface area contributed by atoms with Crippen LogP contribution >= 0.6 is 0 Å². The monoisotopic (exact) mass is 382 g/mol. The number of hydrogen-bond donors (Lipinski definition) is 1. The lowest BCUT2D eigenvalue weighted by atomic mass is 10.2. The van der Waals surface area contributed by atoms with Crippen LogP contribution in [0.25, 0.3) is 17.3 Å². The van der Waals surface area contributed by atoms with Crippen LogP contribution in [0.15, 0.2) is 35.4 Å². The van der Waals surface area contributed by atoms with E-state index in [1.165, 1.54) is 0 Å². The summed E-state index contributed by atoms with van der Waals surface area (Å²) in [6.45, 7) is 5.26. The van der Waals surface area contributed by atoms with Crippen molar-refractivity contribution in [2.75, 3.05) is 13.2 Å².